The van der Waals surface area contributed by atoms with Gasteiger partial charge in [0.15, 0.2) is 0 Å². The minimum absolute atomic E-state index is 0.648. The van der Waals surface area contributed by atoms with E-state index >= 15 is 0 Å². The van der Waals surface area contributed by atoms with E-state index in [1.807, 2.05) is 23.7 Å². The van der Waals surface area contributed by atoms with E-state index in [0.29, 0.717) is 5.92 Å². The number of rotatable bonds is 3. The van der Waals surface area contributed by atoms with Gasteiger partial charge in [-0.2, -0.15) is 0 Å². The molecule has 1 saturated carbocycles. The van der Waals surface area contributed by atoms with Crippen LogP contribution in [0.4, 0.5) is 0 Å². The molecule has 5 rings (SSSR count). The first-order valence-electron chi connectivity index (χ1n) is 9.69. The molecule has 1 aromatic carbocycles. The van der Waals surface area contributed by atoms with Gasteiger partial charge in [-0.05, 0) is 56.8 Å². The summed E-state index contributed by atoms with van der Waals surface area (Å²) in [4.78, 5) is 15.9. The summed E-state index contributed by atoms with van der Waals surface area (Å²) in [6, 6.07) is 8.04. The molecule has 0 spiro atoms. The molecule has 0 radical (unpaired) electrons. The predicted octanol–water partition coefficient (Wildman–Crippen LogP) is 4.87. The highest BCUT2D eigenvalue weighted by Crippen LogP contribution is 2.44. The van der Waals surface area contributed by atoms with Gasteiger partial charge < -0.3 is 0 Å². The van der Waals surface area contributed by atoms with Crippen molar-refractivity contribution in [1.29, 1.82) is 0 Å². The van der Waals surface area contributed by atoms with Crippen LogP contribution in [0.3, 0.4) is 0 Å². The van der Waals surface area contributed by atoms with E-state index in [-0.39, 0.29) is 0 Å². The third-order valence-electron chi connectivity index (χ3n) is 6.08. The summed E-state index contributed by atoms with van der Waals surface area (Å²) in [7, 11) is 0. The SMILES string of the molecule is CC1CCCCN1[C@H]1C[C@H](c2nc3ccc(-c4cncnc4)cc3s2)C1. The lowest BCUT2D eigenvalue weighted by Gasteiger charge is -2.47. The van der Waals surface area contributed by atoms with Crippen LogP contribution in [0.2, 0.25) is 0 Å². The standard InChI is InChI=1S/C21H24N4S/c1-14-4-2-3-7-25(14)18-8-16(9-18)21-24-19-6-5-15(10-20(19)26-21)17-11-22-13-23-12-17/h5-6,10-14,16,18H,2-4,7-9H2,1H3/t14?,16-,18-. The zero-order chi connectivity index (χ0) is 17.5. The largest absolute Gasteiger partial charge is 0.298 e. The van der Waals surface area contributed by atoms with Gasteiger partial charge in [-0.15, -0.1) is 11.3 Å². The Morgan fingerprint density at radius 3 is 2.73 bits per heavy atom. The molecule has 4 nitrogen and oxygen atoms in total. The van der Waals surface area contributed by atoms with Crippen molar-refractivity contribution in [2.45, 2.75) is 57.0 Å². The summed E-state index contributed by atoms with van der Waals surface area (Å²) in [6.45, 7) is 3.69. The zero-order valence-electron chi connectivity index (χ0n) is 15.1. The number of benzene rings is 1. The van der Waals surface area contributed by atoms with Gasteiger partial charge in [0.05, 0.1) is 15.2 Å². The predicted molar refractivity (Wildman–Crippen MR) is 106 cm³/mol. The van der Waals surface area contributed by atoms with Crippen LogP contribution in [-0.2, 0) is 0 Å². The van der Waals surface area contributed by atoms with Crippen molar-refractivity contribution < 1.29 is 0 Å². The highest BCUT2D eigenvalue weighted by Gasteiger charge is 2.38. The summed E-state index contributed by atoms with van der Waals surface area (Å²) < 4.78 is 1.27. The van der Waals surface area contributed by atoms with Crippen LogP contribution < -0.4 is 0 Å². The molecule has 1 aliphatic heterocycles. The first-order chi connectivity index (χ1) is 12.8. The molecule has 1 aliphatic carbocycles. The Bertz CT molecular complexity index is 901. The van der Waals surface area contributed by atoms with Gasteiger partial charge in [0.1, 0.15) is 6.33 Å². The number of thiazole rings is 1. The maximum absolute atomic E-state index is 4.94. The minimum atomic E-state index is 0.648. The van der Waals surface area contributed by atoms with Crippen molar-refractivity contribution in [1.82, 2.24) is 19.9 Å². The summed E-state index contributed by atoms with van der Waals surface area (Å²) in [5.41, 5.74) is 3.36. The van der Waals surface area contributed by atoms with Gasteiger partial charge in [0.2, 0.25) is 0 Å². The van der Waals surface area contributed by atoms with Crippen molar-refractivity contribution in [3.05, 3.63) is 41.9 Å². The summed E-state index contributed by atoms with van der Waals surface area (Å²) >= 11 is 1.87. The molecule has 2 aromatic heterocycles. The maximum Gasteiger partial charge on any atom is 0.115 e. The fourth-order valence-electron chi connectivity index (χ4n) is 4.47. The van der Waals surface area contributed by atoms with Gasteiger partial charge in [0.25, 0.3) is 0 Å². The van der Waals surface area contributed by atoms with E-state index in [2.05, 4.69) is 40.0 Å². The van der Waals surface area contributed by atoms with Gasteiger partial charge in [-0.25, -0.2) is 15.0 Å². The normalized spacial score (nSPS) is 26.7. The molecular weight excluding hydrogens is 340 g/mol. The molecule has 1 unspecified atom stereocenters. The van der Waals surface area contributed by atoms with Crippen molar-refractivity contribution in [3.8, 4) is 11.1 Å². The number of hydrogen-bond acceptors (Lipinski definition) is 5. The Balaban J connectivity index is 1.33. The fraction of sp³-hybridized carbons (Fsp3) is 0.476. The molecule has 0 bridgehead atoms. The highest BCUT2D eigenvalue weighted by atomic mass is 32.1. The monoisotopic (exact) mass is 364 g/mol. The number of fused-ring (bicyclic) bond motifs is 1. The van der Waals surface area contributed by atoms with Gasteiger partial charge >= 0.3 is 0 Å². The molecule has 2 aliphatic rings. The molecule has 3 heterocycles. The molecular formula is C21H24N4S. The molecule has 134 valence electrons. The van der Waals surface area contributed by atoms with E-state index in [1.165, 1.54) is 53.9 Å². The van der Waals surface area contributed by atoms with Crippen LogP contribution >= 0.6 is 11.3 Å². The number of nitrogens with zero attached hydrogens (tertiary/aromatic N) is 4. The van der Waals surface area contributed by atoms with Gasteiger partial charge in [-0.1, -0.05) is 12.5 Å². The van der Waals surface area contributed by atoms with E-state index < -0.39 is 0 Å². The smallest absolute Gasteiger partial charge is 0.115 e. The first kappa shape index (κ1) is 16.3. The summed E-state index contributed by atoms with van der Waals surface area (Å²) in [5.74, 6) is 0.648. The molecule has 3 aromatic rings. The molecule has 0 N–H and O–H groups in total. The number of likely N-dealkylation sites (tertiary alicyclic amines) is 1. The Morgan fingerprint density at radius 2 is 1.92 bits per heavy atom. The van der Waals surface area contributed by atoms with Crippen molar-refractivity contribution >= 4 is 21.6 Å². The Labute approximate surface area is 158 Å². The lowest BCUT2D eigenvalue weighted by Crippen LogP contribution is -2.50. The first-order valence-corrected chi connectivity index (χ1v) is 10.5. The van der Waals surface area contributed by atoms with Gasteiger partial charge in [-0.3, -0.25) is 4.90 Å². The van der Waals surface area contributed by atoms with E-state index in [1.54, 1.807) is 6.33 Å². The van der Waals surface area contributed by atoms with Gasteiger partial charge in [0, 0.05) is 36.0 Å². The van der Waals surface area contributed by atoms with Crippen LogP contribution in [0.5, 0.6) is 0 Å². The topological polar surface area (TPSA) is 41.9 Å². The van der Waals surface area contributed by atoms with Crippen LogP contribution in [0, 0.1) is 0 Å². The van der Waals surface area contributed by atoms with E-state index in [0.717, 1.165) is 23.2 Å². The number of aromatic nitrogens is 3. The average Bonchev–Trinajstić information content (AvgIpc) is 3.05. The zero-order valence-corrected chi connectivity index (χ0v) is 16.0. The number of piperidine rings is 1. The van der Waals surface area contributed by atoms with Crippen molar-refractivity contribution in [2.75, 3.05) is 6.54 Å². The molecule has 0 amide bonds. The van der Waals surface area contributed by atoms with E-state index in [9.17, 15) is 0 Å². The third kappa shape index (κ3) is 2.93. The Kier molecular flexibility index (Phi) is 4.21. The second kappa shape index (κ2) is 6.71. The molecule has 5 heteroatoms. The molecule has 26 heavy (non-hydrogen) atoms. The van der Waals surface area contributed by atoms with Crippen molar-refractivity contribution in [3.63, 3.8) is 0 Å². The Hall–Kier alpha value is -1.85. The summed E-state index contributed by atoms with van der Waals surface area (Å²) in [5, 5.41) is 1.32. The second-order valence-corrected chi connectivity index (χ2v) is 8.83. The second-order valence-electron chi connectivity index (χ2n) is 7.77. The van der Waals surface area contributed by atoms with Crippen molar-refractivity contribution in [2.24, 2.45) is 0 Å². The molecule has 2 fully saturated rings. The van der Waals surface area contributed by atoms with Crippen LogP contribution in [0.1, 0.15) is 50.0 Å². The summed E-state index contributed by atoms with van der Waals surface area (Å²) in [6.07, 6.45) is 12.0. The third-order valence-corrected chi connectivity index (χ3v) is 7.27. The van der Waals surface area contributed by atoms with E-state index in [4.69, 9.17) is 4.98 Å². The Morgan fingerprint density at radius 1 is 1.08 bits per heavy atom. The maximum atomic E-state index is 4.94. The quantitative estimate of drug-likeness (QED) is 0.665. The molecule has 1 atom stereocenters. The number of hydrogen-bond donors (Lipinski definition) is 0. The lowest BCUT2D eigenvalue weighted by atomic mass is 9.78. The lowest BCUT2D eigenvalue weighted by molar-refractivity contribution is 0.0480. The minimum Gasteiger partial charge on any atom is -0.298 e. The molecule has 1 saturated heterocycles. The van der Waals surface area contributed by atoms with Crippen LogP contribution in [0.15, 0.2) is 36.9 Å². The van der Waals surface area contributed by atoms with Crippen LogP contribution in [0.25, 0.3) is 21.3 Å². The highest BCUT2D eigenvalue weighted by molar-refractivity contribution is 7.18. The van der Waals surface area contributed by atoms with Crippen LogP contribution in [-0.4, -0.2) is 38.5 Å². The average molecular weight is 365 g/mol. The fourth-order valence-corrected chi connectivity index (χ4v) is 5.60.